The van der Waals surface area contributed by atoms with Crippen LogP contribution in [0.3, 0.4) is 0 Å². The number of hydrogen-bond acceptors (Lipinski definition) is 6. The summed E-state index contributed by atoms with van der Waals surface area (Å²) in [7, 11) is 1.87. The fourth-order valence-electron chi connectivity index (χ4n) is 5.33. The smallest absolute Gasteiger partial charge is 0.137 e. The summed E-state index contributed by atoms with van der Waals surface area (Å²) in [5.41, 5.74) is 1.93. The Kier molecular flexibility index (Phi) is 8.90. The van der Waals surface area contributed by atoms with Gasteiger partial charge in [0.1, 0.15) is 29.9 Å². The van der Waals surface area contributed by atoms with E-state index in [1.165, 1.54) is 34.7 Å². The molecule has 1 aromatic heterocycles. The zero-order chi connectivity index (χ0) is 28.1. The number of rotatable bonds is 10. The van der Waals surface area contributed by atoms with Gasteiger partial charge in [-0.3, -0.25) is 9.80 Å². The monoisotopic (exact) mass is 610 g/mol. The Labute approximate surface area is 241 Å². The highest BCUT2D eigenvalue weighted by molar-refractivity contribution is 9.10. The molecule has 0 spiro atoms. The molecule has 0 aliphatic carbocycles. The van der Waals surface area contributed by atoms with Gasteiger partial charge in [0.25, 0.3) is 0 Å². The van der Waals surface area contributed by atoms with Gasteiger partial charge in [-0.1, -0.05) is 52.3 Å². The average molecular weight is 612 g/mol. The molecule has 1 N–H and O–H groups in total. The molecule has 2 heterocycles. The Bertz CT molecular complexity index is 1400. The lowest BCUT2D eigenvalue weighted by Gasteiger charge is -2.36. The van der Waals surface area contributed by atoms with Gasteiger partial charge in [-0.05, 0) is 42.4 Å². The average Bonchev–Trinajstić information content (AvgIpc) is 3.43. The van der Waals surface area contributed by atoms with Gasteiger partial charge in [0.2, 0.25) is 0 Å². The third-order valence-corrected chi connectivity index (χ3v) is 8.11. The first-order valence-electron chi connectivity index (χ1n) is 13.3. The molecule has 0 bridgehead atoms. The van der Waals surface area contributed by atoms with Crippen LogP contribution >= 0.6 is 15.9 Å². The van der Waals surface area contributed by atoms with Gasteiger partial charge in [0.05, 0.1) is 6.54 Å². The highest BCUT2D eigenvalue weighted by Gasteiger charge is 2.35. The molecular weight excluding hydrogens is 578 g/mol. The number of nitrogens with zero attached hydrogens (tertiary/aromatic N) is 6. The highest BCUT2D eigenvalue weighted by Crippen LogP contribution is 2.28. The van der Waals surface area contributed by atoms with Crippen molar-refractivity contribution in [2.75, 3.05) is 44.7 Å². The van der Waals surface area contributed by atoms with Gasteiger partial charge in [-0.25, -0.2) is 18.4 Å². The van der Waals surface area contributed by atoms with Crippen molar-refractivity contribution in [3.8, 4) is 0 Å². The molecule has 40 heavy (non-hydrogen) atoms. The van der Waals surface area contributed by atoms with Gasteiger partial charge < -0.3 is 10.0 Å². The van der Waals surface area contributed by atoms with Gasteiger partial charge in [0.15, 0.2) is 0 Å². The van der Waals surface area contributed by atoms with E-state index < -0.39 is 17.2 Å². The van der Waals surface area contributed by atoms with Crippen LogP contribution in [0.5, 0.6) is 0 Å². The van der Waals surface area contributed by atoms with Crippen LogP contribution in [0.2, 0.25) is 0 Å². The van der Waals surface area contributed by atoms with Crippen molar-refractivity contribution in [1.29, 1.82) is 0 Å². The van der Waals surface area contributed by atoms with Crippen molar-refractivity contribution in [1.82, 2.24) is 24.6 Å². The van der Waals surface area contributed by atoms with Crippen molar-refractivity contribution >= 4 is 21.6 Å². The zero-order valence-corrected chi connectivity index (χ0v) is 24.0. The van der Waals surface area contributed by atoms with Crippen molar-refractivity contribution < 1.29 is 13.9 Å². The van der Waals surface area contributed by atoms with Crippen LogP contribution < -0.4 is 4.90 Å². The maximum Gasteiger partial charge on any atom is 0.137 e. The minimum Gasteiger partial charge on any atom is -0.382 e. The zero-order valence-electron chi connectivity index (χ0n) is 22.4. The summed E-state index contributed by atoms with van der Waals surface area (Å²) in [6.07, 6.45) is 2.82. The van der Waals surface area contributed by atoms with E-state index in [9.17, 15) is 13.9 Å². The quantitative estimate of drug-likeness (QED) is 0.282. The molecule has 7 nitrogen and oxygen atoms in total. The van der Waals surface area contributed by atoms with Crippen molar-refractivity contribution in [3.63, 3.8) is 0 Å². The second-order valence-corrected chi connectivity index (χ2v) is 11.3. The molecule has 0 radical (unpaired) electrons. The summed E-state index contributed by atoms with van der Waals surface area (Å²) in [4.78, 5) is 10.7. The van der Waals surface area contributed by atoms with E-state index in [0.717, 1.165) is 54.9 Å². The molecule has 3 aromatic carbocycles. The van der Waals surface area contributed by atoms with E-state index in [1.807, 2.05) is 18.0 Å². The third-order valence-electron chi connectivity index (χ3n) is 7.33. The number of piperazine rings is 1. The lowest BCUT2D eigenvalue weighted by molar-refractivity contribution is -0.0175. The lowest BCUT2D eigenvalue weighted by Crippen LogP contribution is -2.46. The molecular formula is C30H33BrF2N6O. The second-order valence-electron chi connectivity index (χ2n) is 10.4. The Morgan fingerprint density at radius 1 is 1.00 bits per heavy atom. The summed E-state index contributed by atoms with van der Waals surface area (Å²) < 4.78 is 30.9. The molecule has 1 unspecified atom stereocenters. The number of hydrogen-bond donors (Lipinski definition) is 1. The fraction of sp³-hybridized carbons (Fsp3) is 0.333. The maximum absolute atomic E-state index is 14.8. The van der Waals surface area contributed by atoms with E-state index in [4.69, 9.17) is 0 Å². The van der Waals surface area contributed by atoms with E-state index in [0.29, 0.717) is 6.54 Å². The van der Waals surface area contributed by atoms with Crippen LogP contribution in [0.15, 0.2) is 83.9 Å². The molecule has 5 rings (SSSR count). The molecule has 0 saturated carbocycles. The number of aromatic nitrogens is 3. The van der Waals surface area contributed by atoms with Crippen LogP contribution in [-0.4, -0.2) is 69.4 Å². The van der Waals surface area contributed by atoms with Gasteiger partial charge >= 0.3 is 0 Å². The normalized spacial score (nSPS) is 15.9. The number of likely N-dealkylation sites (N-methyl/N-ethyl adjacent to an activating group) is 1. The maximum atomic E-state index is 14.8. The Morgan fingerprint density at radius 2 is 1.75 bits per heavy atom. The summed E-state index contributed by atoms with van der Waals surface area (Å²) in [6.45, 7) is 5.48. The molecule has 1 saturated heterocycles. The number of halogens is 3. The van der Waals surface area contributed by atoms with Gasteiger partial charge in [-0.15, -0.1) is 0 Å². The minimum absolute atomic E-state index is 0.0189. The molecule has 4 aromatic rings. The second kappa shape index (κ2) is 12.6. The standard InChI is InChI=1S/C30H33BrF2N6O/c1-36(19-30(40,20-39-22-34-21-35-39)27-11-8-25(32)16-29(27)33)17-23-6-9-26(10-7-23)38-14-12-37(13-15-38)18-24-4-2-3-5-28(24)31/h2-11,16,21-22,40H,12-15,17-20H2,1H3. The number of benzene rings is 3. The van der Waals surface area contributed by atoms with Crippen LogP contribution in [0.25, 0.3) is 0 Å². The number of aliphatic hydroxyl groups is 1. The molecule has 1 aliphatic rings. The van der Waals surface area contributed by atoms with Crippen LogP contribution in [-0.2, 0) is 25.2 Å². The largest absolute Gasteiger partial charge is 0.382 e. The predicted molar refractivity (Wildman–Crippen MR) is 155 cm³/mol. The molecule has 1 atom stereocenters. The molecule has 210 valence electrons. The van der Waals surface area contributed by atoms with Crippen LogP contribution in [0, 0.1) is 11.6 Å². The lowest BCUT2D eigenvalue weighted by atomic mass is 9.92. The summed E-state index contributed by atoms with van der Waals surface area (Å²) >= 11 is 3.65. The SMILES string of the molecule is CN(Cc1ccc(N2CCN(Cc3ccccc3Br)CC2)cc1)CC(O)(Cn1cncn1)c1ccc(F)cc1F. The van der Waals surface area contributed by atoms with E-state index in [1.54, 1.807) is 0 Å². The molecule has 1 aliphatic heterocycles. The van der Waals surface area contributed by atoms with Crippen molar-refractivity contribution in [2.45, 2.75) is 25.2 Å². The Hall–Kier alpha value is -3.18. The highest BCUT2D eigenvalue weighted by atomic mass is 79.9. The van der Waals surface area contributed by atoms with E-state index in [-0.39, 0.29) is 18.7 Å². The summed E-state index contributed by atoms with van der Waals surface area (Å²) in [5, 5.41) is 15.7. The first-order valence-corrected chi connectivity index (χ1v) is 14.1. The first-order chi connectivity index (χ1) is 19.3. The molecule has 10 heteroatoms. The van der Waals surface area contributed by atoms with Gasteiger partial charge in [-0.2, -0.15) is 5.10 Å². The van der Waals surface area contributed by atoms with Crippen LogP contribution in [0.1, 0.15) is 16.7 Å². The van der Waals surface area contributed by atoms with Crippen LogP contribution in [0.4, 0.5) is 14.5 Å². The van der Waals surface area contributed by atoms with Crippen molar-refractivity contribution in [3.05, 3.63) is 112 Å². The van der Waals surface area contributed by atoms with Gasteiger partial charge in [0, 0.05) is 67.6 Å². The Balaban J connectivity index is 1.19. The summed E-state index contributed by atoms with van der Waals surface area (Å²) in [6, 6.07) is 20.1. The fourth-order valence-corrected chi connectivity index (χ4v) is 5.74. The minimum atomic E-state index is -1.64. The van der Waals surface area contributed by atoms with E-state index >= 15 is 0 Å². The molecule has 1 fully saturated rings. The van der Waals surface area contributed by atoms with Crippen molar-refractivity contribution in [2.24, 2.45) is 0 Å². The topological polar surface area (TPSA) is 60.7 Å². The number of anilines is 1. The van der Waals surface area contributed by atoms with E-state index in [2.05, 4.69) is 78.3 Å². The first kappa shape index (κ1) is 28.4. The third kappa shape index (κ3) is 6.93. The summed E-state index contributed by atoms with van der Waals surface area (Å²) in [5.74, 6) is -1.49. The Morgan fingerprint density at radius 3 is 2.42 bits per heavy atom. The predicted octanol–water partition coefficient (Wildman–Crippen LogP) is 4.66. The molecule has 0 amide bonds.